The summed E-state index contributed by atoms with van der Waals surface area (Å²) in [7, 11) is 0. The predicted octanol–water partition coefficient (Wildman–Crippen LogP) is 4.37. The van der Waals surface area contributed by atoms with Gasteiger partial charge in [-0.05, 0) is 62.4 Å². The Labute approximate surface area is 204 Å². The van der Waals surface area contributed by atoms with Crippen LogP contribution in [0.5, 0.6) is 5.75 Å². The second-order valence-corrected chi connectivity index (χ2v) is 7.66. The highest BCUT2D eigenvalue weighted by Gasteiger charge is 2.13. The highest BCUT2D eigenvalue weighted by atomic mass is 19.3. The van der Waals surface area contributed by atoms with Crippen molar-refractivity contribution in [3.8, 4) is 17.6 Å². The molecule has 0 aliphatic heterocycles. The van der Waals surface area contributed by atoms with Crippen molar-refractivity contribution in [2.24, 2.45) is 10.7 Å². The summed E-state index contributed by atoms with van der Waals surface area (Å²) < 4.78 is 32.4. The number of hydrogen-bond donors (Lipinski definition) is 2. The summed E-state index contributed by atoms with van der Waals surface area (Å²) in [6, 6.07) is 14.2. The van der Waals surface area contributed by atoms with Crippen LogP contribution in [0.3, 0.4) is 0 Å². The number of rotatable bonds is 8. The van der Waals surface area contributed by atoms with E-state index in [-0.39, 0.29) is 17.3 Å². The number of nitrogens with one attached hydrogen (secondary N) is 1. The lowest BCUT2D eigenvalue weighted by Gasteiger charge is -2.11. The van der Waals surface area contributed by atoms with Gasteiger partial charge in [0.1, 0.15) is 30.5 Å². The maximum Gasteiger partial charge on any atom is 0.272 e. The monoisotopic (exact) mass is 489 g/mol. The standard InChI is InChI=1S/C24H21F2N9O/c1-14-3-7-22(34-33-14)31-17-4-5-19-18(10-17)29-13-35(19)23-8-6-20(36-12-21(25)26)24(32-23)30-15(2)9-16(28)11-27/h3-10,13,21H,12,28H2,1-2H3,(H,31,34)/b16-9-,30-15+. The Morgan fingerprint density at radius 2 is 2.08 bits per heavy atom. The van der Waals surface area contributed by atoms with Gasteiger partial charge in [0.15, 0.2) is 17.4 Å². The van der Waals surface area contributed by atoms with Crippen molar-refractivity contribution in [3.05, 3.63) is 66.3 Å². The number of ether oxygens (including phenoxy) is 1. The third-order valence-electron chi connectivity index (χ3n) is 4.83. The molecule has 182 valence electrons. The molecule has 3 heterocycles. The zero-order chi connectivity index (χ0) is 25.7. The van der Waals surface area contributed by atoms with Gasteiger partial charge < -0.3 is 15.8 Å². The summed E-state index contributed by atoms with van der Waals surface area (Å²) in [5.41, 5.74) is 8.88. The fourth-order valence-electron chi connectivity index (χ4n) is 3.25. The highest BCUT2D eigenvalue weighted by molar-refractivity contribution is 5.95. The van der Waals surface area contributed by atoms with E-state index in [9.17, 15) is 8.78 Å². The zero-order valence-electron chi connectivity index (χ0n) is 19.4. The Hall–Kier alpha value is -4.92. The van der Waals surface area contributed by atoms with Crippen LogP contribution < -0.4 is 15.8 Å². The fourth-order valence-corrected chi connectivity index (χ4v) is 3.25. The van der Waals surface area contributed by atoms with Gasteiger partial charge in [0.2, 0.25) is 0 Å². The number of aromatic nitrogens is 5. The van der Waals surface area contributed by atoms with Crippen molar-refractivity contribution >= 4 is 34.1 Å². The van der Waals surface area contributed by atoms with Crippen LogP contribution in [0, 0.1) is 18.3 Å². The van der Waals surface area contributed by atoms with Gasteiger partial charge in [0.25, 0.3) is 6.43 Å². The maximum atomic E-state index is 12.7. The Morgan fingerprint density at radius 3 is 2.81 bits per heavy atom. The first-order chi connectivity index (χ1) is 17.3. The maximum absolute atomic E-state index is 12.7. The molecule has 0 aliphatic carbocycles. The number of nitriles is 1. The van der Waals surface area contributed by atoms with E-state index in [2.05, 4.69) is 30.5 Å². The molecule has 0 spiro atoms. The Morgan fingerprint density at radius 1 is 1.25 bits per heavy atom. The molecular weight excluding hydrogens is 468 g/mol. The van der Waals surface area contributed by atoms with Gasteiger partial charge in [0.05, 0.1) is 16.7 Å². The first-order valence-corrected chi connectivity index (χ1v) is 10.7. The molecule has 0 aliphatic rings. The summed E-state index contributed by atoms with van der Waals surface area (Å²) in [6.45, 7) is 2.65. The van der Waals surface area contributed by atoms with Crippen LogP contribution in [-0.2, 0) is 0 Å². The van der Waals surface area contributed by atoms with Crippen LogP contribution in [-0.4, -0.2) is 43.5 Å². The minimum absolute atomic E-state index is 0.0518. The number of anilines is 2. The molecule has 0 bridgehead atoms. The number of hydrogen-bond acceptors (Lipinski definition) is 9. The average molecular weight is 489 g/mol. The molecule has 12 heteroatoms. The molecule has 0 unspecified atom stereocenters. The zero-order valence-corrected chi connectivity index (χ0v) is 19.4. The first-order valence-electron chi connectivity index (χ1n) is 10.7. The quantitative estimate of drug-likeness (QED) is 0.275. The predicted molar refractivity (Wildman–Crippen MR) is 131 cm³/mol. The normalized spacial score (nSPS) is 12.1. The second kappa shape index (κ2) is 10.6. The number of fused-ring (bicyclic) bond motifs is 1. The topological polar surface area (TPSA) is 140 Å². The van der Waals surface area contributed by atoms with Crippen LogP contribution in [0.25, 0.3) is 16.9 Å². The summed E-state index contributed by atoms with van der Waals surface area (Å²) in [5, 5.41) is 20.2. The van der Waals surface area contributed by atoms with Crippen molar-refractivity contribution in [3.63, 3.8) is 0 Å². The molecule has 4 rings (SSSR count). The third-order valence-corrected chi connectivity index (χ3v) is 4.83. The Kier molecular flexibility index (Phi) is 7.10. The smallest absolute Gasteiger partial charge is 0.272 e. The number of nitrogens with zero attached hydrogens (tertiary/aromatic N) is 7. The molecule has 0 saturated heterocycles. The van der Waals surface area contributed by atoms with E-state index in [1.807, 2.05) is 37.3 Å². The number of nitrogens with two attached hydrogens (primary N) is 1. The van der Waals surface area contributed by atoms with Crippen molar-refractivity contribution in [1.29, 1.82) is 5.26 Å². The van der Waals surface area contributed by atoms with E-state index in [0.29, 0.717) is 22.9 Å². The number of aliphatic imine (C=N–C) groups is 1. The van der Waals surface area contributed by atoms with Gasteiger partial charge in [-0.1, -0.05) is 0 Å². The number of aryl methyl sites for hydroxylation is 1. The van der Waals surface area contributed by atoms with E-state index in [0.717, 1.165) is 16.9 Å². The molecule has 3 aromatic heterocycles. The molecule has 1 aromatic carbocycles. The van der Waals surface area contributed by atoms with E-state index >= 15 is 0 Å². The lowest BCUT2D eigenvalue weighted by molar-refractivity contribution is 0.0820. The van der Waals surface area contributed by atoms with Crippen molar-refractivity contribution in [1.82, 2.24) is 24.7 Å². The summed E-state index contributed by atoms with van der Waals surface area (Å²) >= 11 is 0. The van der Waals surface area contributed by atoms with E-state index in [1.165, 1.54) is 12.1 Å². The molecule has 36 heavy (non-hydrogen) atoms. The van der Waals surface area contributed by atoms with Gasteiger partial charge in [-0.2, -0.15) is 10.4 Å². The van der Waals surface area contributed by atoms with Crippen LogP contribution >= 0.6 is 0 Å². The summed E-state index contributed by atoms with van der Waals surface area (Å²) in [6.07, 6.45) is 0.281. The van der Waals surface area contributed by atoms with Crippen LogP contribution in [0.2, 0.25) is 0 Å². The Bertz CT molecular complexity index is 1490. The summed E-state index contributed by atoms with van der Waals surface area (Å²) in [5.74, 6) is 1.17. The highest BCUT2D eigenvalue weighted by Crippen LogP contribution is 2.29. The minimum atomic E-state index is -2.66. The number of benzene rings is 1. The van der Waals surface area contributed by atoms with Gasteiger partial charge in [-0.25, -0.2) is 23.7 Å². The molecular formula is C24H21F2N9O. The molecule has 0 atom stereocenters. The molecule has 0 radical (unpaired) electrons. The van der Waals surface area contributed by atoms with Gasteiger partial charge in [-0.15, -0.1) is 5.10 Å². The SMILES string of the molecule is CC(/C=C(\N)C#N)=N\c1nc(-n2cnc3cc(Nc4ccc(C)nn4)ccc32)ccc1OCC(F)F. The van der Waals surface area contributed by atoms with Crippen molar-refractivity contribution in [2.75, 3.05) is 11.9 Å². The molecule has 0 amide bonds. The van der Waals surface area contributed by atoms with E-state index in [1.54, 1.807) is 30.0 Å². The second-order valence-electron chi connectivity index (χ2n) is 7.66. The lowest BCUT2D eigenvalue weighted by atomic mass is 10.2. The molecule has 4 aromatic rings. The molecule has 0 saturated carbocycles. The van der Waals surface area contributed by atoms with Crippen LogP contribution in [0.15, 0.2) is 65.6 Å². The van der Waals surface area contributed by atoms with Gasteiger partial charge in [0, 0.05) is 11.4 Å². The average Bonchev–Trinajstić information content (AvgIpc) is 3.27. The van der Waals surface area contributed by atoms with E-state index in [4.69, 9.17) is 15.7 Å². The number of alkyl halides is 2. The molecule has 10 nitrogen and oxygen atoms in total. The van der Waals surface area contributed by atoms with Crippen molar-refractivity contribution in [2.45, 2.75) is 20.3 Å². The number of imidazole rings is 1. The largest absolute Gasteiger partial charge is 0.484 e. The van der Waals surface area contributed by atoms with Crippen molar-refractivity contribution < 1.29 is 13.5 Å². The first kappa shape index (κ1) is 24.2. The lowest BCUT2D eigenvalue weighted by Crippen LogP contribution is -2.08. The fraction of sp³-hybridized carbons (Fsp3) is 0.167. The van der Waals surface area contributed by atoms with Crippen LogP contribution in [0.4, 0.5) is 26.1 Å². The number of allylic oxidation sites excluding steroid dienone is 2. The molecule has 3 N–H and O–H groups in total. The minimum Gasteiger partial charge on any atom is -0.484 e. The summed E-state index contributed by atoms with van der Waals surface area (Å²) in [4.78, 5) is 13.3. The van der Waals surface area contributed by atoms with Gasteiger partial charge >= 0.3 is 0 Å². The van der Waals surface area contributed by atoms with E-state index < -0.39 is 13.0 Å². The third kappa shape index (κ3) is 5.76. The Balaban J connectivity index is 1.68. The number of pyridine rings is 1. The molecule has 0 fully saturated rings. The van der Waals surface area contributed by atoms with Crippen LogP contribution in [0.1, 0.15) is 12.6 Å². The van der Waals surface area contributed by atoms with Gasteiger partial charge in [-0.3, -0.25) is 4.57 Å². The number of halogens is 2.